The van der Waals surface area contributed by atoms with Crippen molar-refractivity contribution in [1.82, 2.24) is 14.7 Å². The van der Waals surface area contributed by atoms with E-state index in [0.29, 0.717) is 12.1 Å². The van der Waals surface area contributed by atoms with E-state index in [-0.39, 0.29) is 5.91 Å². The topological polar surface area (TPSA) is 46.4 Å². The lowest BCUT2D eigenvalue weighted by molar-refractivity contribution is 0.0949. The molecule has 0 aliphatic heterocycles. The molecule has 23 heavy (non-hydrogen) atoms. The molecule has 2 aromatic heterocycles. The van der Waals surface area contributed by atoms with E-state index in [2.05, 4.69) is 26.2 Å². The van der Waals surface area contributed by atoms with Crippen molar-refractivity contribution in [1.29, 1.82) is 0 Å². The minimum Gasteiger partial charge on any atom is -0.346 e. The molecule has 118 valence electrons. The van der Waals surface area contributed by atoms with Crippen LogP contribution in [0.1, 0.15) is 21.6 Å². The third-order valence-corrected chi connectivity index (χ3v) is 4.78. The predicted molar refractivity (Wildman–Crippen MR) is 97.0 cm³/mol. The molecule has 0 bridgehead atoms. The fraction of sp³-hybridized carbons (Fsp3) is 0.176. The van der Waals surface area contributed by atoms with Crippen LogP contribution in [0.15, 0.2) is 52.1 Å². The molecule has 0 radical (unpaired) electrons. The number of carbonyl (C=O) groups is 1. The second kappa shape index (κ2) is 6.76. The molecule has 0 unspecified atom stereocenters. The summed E-state index contributed by atoms with van der Waals surface area (Å²) in [6.45, 7) is 2.35. The Kier molecular flexibility index (Phi) is 4.73. The average Bonchev–Trinajstić information content (AvgIpc) is 2.95. The number of pyridine rings is 1. The molecule has 0 saturated heterocycles. The number of aromatic nitrogens is 2. The standard InChI is InChI=1S/C17H16BrN3OS/c1-11-3-5-14(23-2)7-15(11)17(22)19-8-13-10-21-9-12(18)4-6-16(21)20-13/h3-7,9-10H,8H2,1-2H3,(H,19,22). The SMILES string of the molecule is CSc1ccc(C)c(C(=O)NCc2cn3cc(Br)ccc3n2)c1. The van der Waals surface area contributed by atoms with Crippen LogP contribution in [0, 0.1) is 6.92 Å². The summed E-state index contributed by atoms with van der Waals surface area (Å²) < 4.78 is 2.92. The minimum atomic E-state index is -0.0726. The molecule has 3 rings (SSSR count). The molecule has 1 amide bonds. The summed E-state index contributed by atoms with van der Waals surface area (Å²) in [5.74, 6) is -0.0726. The van der Waals surface area contributed by atoms with E-state index >= 15 is 0 Å². The van der Waals surface area contributed by atoms with Gasteiger partial charge in [-0.2, -0.15) is 0 Å². The van der Waals surface area contributed by atoms with Gasteiger partial charge in [0, 0.05) is 27.3 Å². The molecule has 0 spiro atoms. The van der Waals surface area contributed by atoms with Gasteiger partial charge in [-0.15, -0.1) is 11.8 Å². The maximum Gasteiger partial charge on any atom is 0.251 e. The van der Waals surface area contributed by atoms with Gasteiger partial charge in [0.05, 0.1) is 12.2 Å². The maximum absolute atomic E-state index is 12.4. The zero-order valence-corrected chi connectivity index (χ0v) is 15.2. The highest BCUT2D eigenvalue weighted by molar-refractivity contribution is 9.10. The average molecular weight is 390 g/mol. The van der Waals surface area contributed by atoms with E-state index in [4.69, 9.17) is 0 Å². The molecule has 6 heteroatoms. The Labute approximate surface area is 147 Å². The van der Waals surface area contributed by atoms with Crippen LogP contribution in [0.2, 0.25) is 0 Å². The van der Waals surface area contributed by atoms with E-state index in [9.17, 15) is 4.79 Å². The van der Waals surface area contributed by atoms with Crippen molar-refractivity contribution in [2.75, 3.05) is 6.26 Å². The highest BCUT2D eigenvalue weighted by Gasteiger charge is 2.11. The largest absolute Gasteiger partial charge is 0.346 e. The smallest absolute Gasteiger partial charge is 0.251 e. The number of halogens is 1. The number of amides is 1. The van der Waals surface area contributed by atoms with Crippen LogP contribution in [-0.4, -0.2) is 21.5 Å². The summed E-state index contributed by atoms with van der Waals surface area (Å²) in [7, 11) is 0. The number of imidazole rings is 1. The number of carbonyl (C=O) groups excluding carboxylic acids is 1. The third kappa shape index (κ3) is 3.59. The van der Waals surface area contributed by atoms with Crippen molar-refractivity contribution in [3.63, 3.8) is 0 Å². The summed E-state index contributed by atoms with van der Waals surface area (Å²) in [4.78, 5) is 18.0. The number of benzene rings is 1. The lowest BCUT2D eigenvalue weighted by Gasteiger charge is -2.08. The fourth-order valence-electron chi connectivity index (χ4n) is 2.34. The first-order valence-electron chi connectivity index (χ1n) is 7.13. The molecule has 2 heterocycles. The monoisotopic (exact) mass is 389 g/mol. The summed E-state index contributed by atoms with van der Waals surface area (Å²) >= 11 is 5.06. The number of nitrogens with zero attached hydrogens (tertiary/aromatic N) is 2. The molecular weight excluding hydrogens is 374 g/mol. The Balaban J connectivity index is 1.75. The number of aryl methyl sites for hydroxylation is 1. The van der Waals surface area contributed by atoms with Crippen LogP contribution in [0.4, 0.5) is 0 Å². The zero-order valence-electron chi connectivity index (χ0n) is 12.8. The lowest BCUT2D eigenvalue weighted by Crippen LogP contribution is -2.23. The normalized spacial score (nSPS) is 10.9. The van der Waals surface area contributed by atoms with Crippen LogP contribution in [0.5, 0.6) is 0 Å². The van der Waals surface area contributed by atoms with Gasteiger partial charge in [-0.1, -0.05) is 6.07 Å². The van der Waals surface area contributed by atoms with Crippen molar-refractivity contribution in [3.05, 3.63) is 64.0 Å². The van der Waals surface area contributed by atoms with Crippen molar-refractivity contribution in [2.24, 2.45) is 0 Å². The summed E-state index contributed by atoms with van der Waals surface area (Å²) in [6, 6.07) is 9.81. The Bertz CT molecular complexity index is 875. The van der Waals surface area contributed by atoms with Crippen molar-refractivity contribution < 1.29 is 4.79 Å². The van der Waals surface area contributed by atoms with Crippen LogP contribution in [-0.2, 0) is 6.54 Å². The zero-order chi connectivity index (χ0) is 16.4. The minimum absolute atomic E-state index is 0.0726. The van der Waals surface area contributed by atoms with Crippen LogP contribution >= 0.6 is 27.7 Å². The lowest BCUT2D eigenvalue weighted by atomic mass is 10.1. The molecule has 0 aliphatic carbocycles. The first-order valence-corrected chi connectivity index (χ1v) is 9.14. The van der Waals surface area contributed by atoms with Gasteiger partial charge in [-0.05, 0) is 58.9 Å². The molecular formula is C17H16BrN3OS. The van der Waals surface area contributed by atoms with E-state index in [1.165, 1.54) is 0 Å². The molecule has 3 aromatic rings. The van der Waals surface area contributed by atoms with E-state index in [1.54, 1.807) is 11.8 Å². The highest BCUT2D eigenvalue weighted by atomic mass is 79.9. The first-order chi connectivity index (χ1) is 11.1. The summed E-state index contributed by atoms with van der Waals surface area (Å²) in [5.41, 5.74) is 3.37. The van der Waals surface area contributed by atoms with E-state index in [1.807, 2.05) is 60.3 Å². The Morgan fingerprint density at radius 2 is 2.13 bits per heavy atom. The van der Waals surface area contributed by atoms with E-state index in [0.717, 1.165) is 26.3 Å². The number of rotatable bonds is 4. The van der Waals surface area contributed by atoms with Gasteiger partial charge in [0.1, 0.15) is 5.65 Å². The molecule has 4 nitrogen and oxygen atoms in total. The van der Waals surface area contributed by atoms with Crippen molar-refractivity contribution in [2.45, 2.75) is 18.4 Å². The van der Waals surface area contributed by atoms with Gasteiger partial charge in [0.25, 0.3) is 5.91 Å². The van der Waals surface area contributed by atoms with Gasteiger partial charge < -0.3 is 9.72 Å². The molecule has 0 aliphatic rings. The quantitative estimate of drug-likeness (QED) is 0.684. The first kappa shape index (κ1) is 16.1. The predicted octanol–water partition coefficient (Wildman–Crippen LogP) is 4.06. The number of hydrogen-bond acceptors (Lipinski definition) is 3. The Morgan fingerprint density at radius 3 is 2.91 bits per heavy atom. The van der Waals surface area contributed by atoms with Crippen molar-refractivity contribution in [3.8, 4) is 0 Å². The number of hydrogen-bond donors (Lipinski definition) is 1. The van der Waals surface area contributed by atoms with E-state index < -0.39 is 0 Å². The van der Waals surface area contributed by atoms with Gasteiger partial charge >= 0.3 is 0 Å². The Hall–Kier alpha value is -1.79. The van der Waals surface area contributed by atoms with Gasteiger partial charge in [0.2, 0.25) is 0 Å². The van der Waals surface area contributed by atoms with Crippen LogP contribution < -0.4 is 5.32 Å². The fourth-order valence-corrected chi connectivity index (χ4v) is 3.13. The second-order valence-electron chi connectivity index (χ2n) is 5.21. The number of nitrogens with one attached hydrogen (secondary N) is 1. The van der Waals surface area contributed by atoms with Gasteiger partial charge in [0.15, 0.2) is 0 Å². The maximum atomic E-state index is 12.4. The molecule has 0 fully saturated rings. The highest BCUT2D eigenvalue weighted by Crippen LogP contribution is 2.19. The third-order valence-electron chi connectivity index (χ3n) is 3.58. The molecule has 0 atom stereocenters. The van der Waals surface area contributed by atoms with Crippen LogP contribution in [0.3, 0.4) is 0 Å². The van der Waals surface area contributed by atoms with Crippen molar-refractivity contribution >= 4 is 39.2 Å². The van der Waals surface area contributed by atoms with Gasteiger partial charge in [-0.3, -0.25) is 4.79 Å². The molecule has 0 saturated carbocycles. The number of fused-ring (bicyclic) bond motifs is 1. The summed E-state index contributed by atoms with van der Waals surface area (Å²) in [5, 5.41) is 2.95. The molecule has 1 aromatic carbocycles. The summed E-state index contributed by atoms with van der Waals surface area (Å²) in [6.07, 6.45) is 5.87. The Morgan fingerprint density at radius 1 is 1.30 bits per heavy atom. The van der Waals surface area contributed by atoms with Crippen LogP contribution in [0.25, 0.3) is 5.65 Å². The number of thioether (sulfide) groups is 1. The van der Waals surface area contributed by atoms with Gasteiger partial charge in [-0.25, -0.2) is 4.98 Å². The molecule has 1 N–H and O–H groups in total. The second-order valence-corrected chi connectivity index (χ2v) is 7.00.